The van der Waals surface area contributed by atoms with Gasteiger partial charge in [0.05, 0.1) is 6.10 Å². The topological polar surface area (TPSA) is 95.3 Å². The molecule has 0 saturated carbocycles. The van der Waals surface area contributed by atoms with E-state index in [-0.39, 0.29) is 16.7 Å². The molecule has 104 valence electrons. The minimum Gasteiger partial charge on any atom is -0.477 e. The fraction of sp³-hybridized carbons (Fsp3) is 0.154. The van der Waals surface area contributed by atoms with Crippen molar-refractivity contribution in [3.8, 4) is 0 Å². The monoisotopic (exact) mass is 293 g/mol. The Morgan fingerprint density at radius 2 is 2.20 bits per heavy atom. The molecule has 0 amide bonds. The number of halogens is 1. The van der Waals surface area contributed by atoms with Crippen LogP contribution in [0.4, 0.5) is 11.5 Å². The minimum atomic E-state index is -1.16. The van der Waals surface area contributed by atoms with Crippen molar-refractivity contribution in [2.24, 2.45) is 0 Å². The molecule has 2 rings (SSSR count). The summed E-state index contributed by atoms with van der Waals surface area (Å²) >= 11 is 5.67. The number of aliphatic hydroxyl groups excluding tert-OH is 1. The Hall–Kier alpha value is -2.18. The molecule has 3 N–H and O–H groups in total. The van der Waals surface area contributed by atoms with E-state index in [1.54, 1.807) is 31.2 Å². The van der Waals surface area contributed by atoms with Gasteiger partial charge in [-0.2, -0.15) is 4.98 Å². The predicted octanol–water partition coefficient (Wildman–Crippen LogP) is 2.63. The number of benzene rings is 1. The highest BCUT2D eigenvalue weighted by Gasteiger charge is 2.13. The molecule has 1 unspecified atom stereocenters. The summed E-state index contributed by atoms with van der Waals surface area (Å²) in [6, 6.07) is 6.94. The lowest BCUT2D eigenvalue weighted by molar-refractivity contribution is 0.0697. The van der Waals surface area contributed by atoms with E-state index in [1.807, 2.05) is 0 Å². The maximum absolute atomic E-state index is 11.1. The molecule has 7 heteroatoms. The van der Waals surface area contributed by atoms with Gasteiger partial charge in [-0.3, -0.25) is 0 Å². The standard InChI is InChI=1S/C13H12ClN3O3/c1-7(18)8-3-2-4-9(5-8)16-11-10(12(19)20)6-15-13(14)17-11/h2-7,18H,1H3,(H,19,20)(H,15,16,17). The lowest BCUT2D eigenvalue weighted by Crippen LogP contribution is -2.06. The second-order valence-corrected chi connectivity index (χ2v) is 4.47. The molecule has 1 atom stereocenters. The predicted molar refractivity (Wildman–Crippen MR) is 74.4 cm³/mol. The molecule has 6 nitrogen and oxygen atoms in total. The van der Waals surface area contributed by atoms with Gasteiger partial charge in [-0.1, -0.05) is 12.1 Å². The van der Waals surface area contributed by atoms with Crippen molar-refractivity contribution < 1.29 is 15.0 Å². The van der Waals surface area contributed by atoms with Crippen LogP contribution in [0.25, 0.3) is 0 Å². The van der Waals surface area contributed by atoms with E-state index in [2.05, 4.69) is 15.3 Å². The number of hydrogen-bond donors (Lipinski definition) is 3. The van der Waals surface area contributed by atoms with Crippen molar-refractivity contribution in [3.05, 3.63) is 46.9 Å². The first kappa shape index (κ1) is 14.2. The third-order valence-electron chi connectivity index (χ3n) is 2.62. The summed E-state index contributed by atoms with van der Waals surface area (Å²) in [7, 11) is 0. The van der Waals surface area contributed by atoms with Crippen LogP contribution in [0.2, 0.25) is 5.28 Å². The zero-order valence-electron chi connectivity index (χ0n) is 10.5. The largest absolute Gasteiger partial charge is 0.477 e. The van der Waals surface area contributed by atoms with Crippen molar-refractivity contribution in [3.63, 3.8) is 0 Å². The Kier molecular flexibility index (Phi) is 4.16. The molecule has 0 aliphatic heterocycles. The van der Waals surface area contributed by atoms with E-state index < -0.39 is 12.1 Å². The third-order valence-corrected chi connectivity index (χ3v) is 2.80. The maximum atomic E-state index is 11.1. The van der Waals surface area contributed by atoms with Gasteiger partial charge < -0.3 is 15.5 Å². The van der Waals surface area contributed by atoms with Crippen LogP contribution in [0, 0.1) is 0 Å². The molecule has 1 heterocycles. The number of aromatic nitrogens is 2. The number of anilines is 2. The summed E-state index contributed by atoms with van der Waals surface area (Å²) in [5, 5.41) is 21.4. The first-order chi connectivity index (χ1) is 9.47. The molecular formula is C13H12ClN3O3. The van der Waals surface area contributed by atoms with Crippen molar-refractivity contribution in [1.82, 2.24) is 9.97 Å². The quantitative estimate of drug-likeness (QED) is 0.750. The van der Waals surface area contributed by atoms with Gasteiger partial charge in [0, 0.05) is 11.9 Å². The molecule has 2 aromatic rings. The molecule has 0 fully saturated rings. The molecule has 0 aliphatic carbocycles. The summed E-state index contributed by atoms with van der Waals surface area (Å²) in [4.78, 5) is 18.6. The summed E-state index contributed by atoms with van der Waals surface area (Å²) in [5.41, 5.74) is 1.21. The summed E-state index contributed by atoms with van der Waals surface area (Å²) in [6.07, 6.45) is 0.517. The zero-order valence-corrected chi connectivity index (χ0v) is 11.3. The normalized spacial score (nSPS) is 11.9. The maximum Gasteiger partial charge on any atom is 0.341 e. The van der Waals surface area contributed by atoms with Crippen LogP contribution in [0.5, 0.6) is 0 Å². The highest BCUT2D eigenvalue weighted by Crippen LogP contribution is 2.22. The highest BCUT2D eigenvalue weighted by atomic mass is 35.5. The molecule has 20 heavy (non-hydrogen) atoms. The van der Waals surface area contributed by atoms with E-state index in [9.17, 15) is 9.90 Å². The van der Waals surface area contributed by atoms with Gasteiger partial charge in [0.2, 0.25) is 5.28 Å². The highest BCUT2D eigenvalue weighted by molar-refractivity contribution is 6.28. The van der Waals surface area contributed by atoms with Crippen molar-refractivity contribution in [2.75, 3.05) is 5.32 Å². The van der Waals surface area contributed by atoms with Crippen molar-refractivity contribution >= 4 is 29.1 Å². The average molecular weight is 294 g/mol. The second-order valence-electron chi connectivity index (χ2n) is 4.13. The van der Waals surface area contributed by atoms with Crippen LogP contribution in [-0.4, -0.2) is 26.2 Å². The number of carbonyl (C=O) groups is 1. The molecule has 1 aromatic carbocycles. The number of aromatic carboxylic acids is 1. The van der Waals surface area contributed by atoms with Crippen molar-refractivity contribution in [2.45, 2.75) is 13.0 Å². The molecular weight excluding hydrogens is 282 g/mol. The Bertz CT molecular complexity index is 647. The molecule has 0 saturated heterocycles. The minimum absolute atomic E-state index is 0.0517. The smallest absolute Gasteiger partial charge is 0.341 e. The fourth-order valence-electron chi connectivity index (χ4n) is 1.63. The second kappa shape index (κ2) is 5.85. The van der Waals surface area contributed by atoms with Gasteiger partial charge in [-0.15, -0.1) is 0 Å². The summed E-state index contributed by atoms with van der Waals surface area (Å²) < 4.78 is 0. The SMILES string of the molecule is CC(O)c1cccc(Nc2nc(Cl)ncc2C(=O)O)c1. The van der Waals surface area contributed by atoms with Gasteiger partial charge in [0.15, 0.2) is 0 Å². The van der Waals surface area contributed by atoms with Crippen molar-refractivity contribution in [1.29, 1.82) is 0 Å². The average Bonchev–Trinajstić information content (AvgIpc) is 2.38. The van der Waals surface area contributed by atoms with Crippen LogP contribution in [0.1, 0.15) is 28.9 Å². The van der Waals surface area contributed by atoms with Gasteiger partial charge in [0.1, 0.15) is 11.4 Å². The first-order valence-corrected chi connectivity index (χ1v) is 6.16. The third kappa shape index (κ3) is 3.23. The molecule has 1 aromatic heterocycles. The number of nitrogens with one attached hydrogen (secondary N) is 1. The van der Waals surface area contributed by atoms with Crippen LogP contribution >= 0.6 is 11.6 Å². The van der Waals surface area contributed by atoms with E-state index >= 15 is 0 Å². The van der Waals surface area contributed by atoms with Gasteiger partial charge in [-0.25, -0.2) is 9.78 Å². The van der Waals surface area contributed by atoms with Gasteiger partial charge >= 0.3 is 5.97 Å². The molecule has 0 spiro atoms. The number of hydrogen-bond acceptors (Lipinski definition) is 5. The van der Waals surface area contributed by atoms with E-state index in [4.69, 9.17) is 16.7 Å². The summed E-state index contributed by atoms with van der Waals surface area (Å²) in [5.74, 6) is -1.06. The van der Waals surface area contributed by atoms with E-state index in [0.717, 1.165) is 6.20 Å². The fourth-order valence-corrected chi connectivity index (χ4v) is 1.76. The Balaban J connectivity index is 2.36. The number of rotatable bonds is 4. The lowest BCUT2D eigenvalue weighted by atomic mass is 10.1. The number of aliphatic hydroxyl groups is 1. The summed E-state index contributed by atoms with van der Waals surface area (Å²) in [6.45, 7) is 1.64. The van der Waals surface area contributed by atoms with Crippen LogP contribution in [0.3, 0.4) is 0 Å². The van der Waals surface area contributed by atoms with E-state index in [0.29, 0.717) is 11.3 Å². The zero-order chi connectivity index (χ0) is 14.7. The number of carboxylic acid groups (broad SMARTS) is 1. The van der Waals surface area contributed by atoms with E-state index in [1.165, 1.54) is 0 Å². The molecule has 0 aliphatic rings. The van der Waals surface area contributed by atoms with Gasteiger partial charge in [-0.05, 0) is 36.2 Å². The van der Waals surface area contributed by atoms with Crippen LogP contribution < -0.4 is 5.32 Å². The number of nitrogens with zero attached hydrogens (tertiary/aromatic N) is 2. The molecule has 0 radical (unpaired) electrons. The van der Waals surface area contributed by atoms with Gasteiger partial charge in [0.25, 0.3) is 0 Å². The first-order valence-electron chi connectivity index (χ1n) is 5.78. The van der Waals surface area contributed by atoms with Crippen LogP contribution in [0.15, 0.2) is 30.5 Å². The number of carboxylic acids is 1. The Morgan fingerprint density at radius 1 is 1.45 bits per heavy atom. The molecule has 0 bridgehead atoms. The Morgan fingerprint density at radius 3 is 2.85 bits per heavy atom. The lowest BCUT2D eigenvalue weighted by Gasteiger charge is -2.11. The van der Waals surface area contributed by atoms with Crippen LogP contribution in [-0.2, 0) is 0 Å². The Labute approximate surface area is 120 Å².